The lowest BCUT2D eigenvalue weighted by atomic mass is 10.1. The van der Waals surface area contributed by atoms with Gasteiger partial charge in [0.2, 0.25) is 0 Å². The van der Waals surface area contributed by atoms with E-state index in [4.69, 9.17) is 19.9 Å². The number of ether oxygens (including phenoxy) is 3. The molecule has 7 nitrogen and oxygen atoms in total. The second-order valence-electron chi connectivity index (χ2n) is 5.93. The monoisotopic (exact) mass is 337 g/mol. The number of hydrogen-bond donors (Lipinski definition) is 1. The second-order valence-corrected chi connectivity index (χ2v) is 5.93. The van der Waals surface area contributed by atoms with Crippen LogP contribution in [0.5, 0.6) is 11.5 Å². The minimum atomic E-state index is -0.493. The van der Waals surface area contributed by atoms with E-state index in [0.717, 1.165) is 39.1 Å². The number of carbonyl (C=O) groups is 1. The van der Waals surface area contributed by atoms with Crippen LogP contribution in [0.1, 0.15) is 16.8 Å². The molecular formula is C17H27N3O4. The third-order valence-corrected chi connectivity index (χ3v) is 4.21. The number of methoxy groups -OCH3 is 2. The molecule has 1 aliphatic rings. The van der Waals surface area contributed by atoms with Gasteiger partial charge in [-0.3, -0.25) is 0 Å². The van der Waals surface area contributed by atoms with Gasteiger partial charge in [-0.25, -0.2) is 4.79 Å². The van der Waals surface area contributed by atoms with Crippen molar-refractivity contribution in [1.29, 1.82) is 0 Å². The lowest BCUT2D eigenvalue weighted by molar-refractivity contribution is 0.0601. The maximum absolute atomic E-state index is 11.7. The average Bonchev–Trinajstić information content (AvgIpc) is 2.59. The Morgan fingerprint density at radius 1 is 1.17 bits per heavy atom. The highest BCUT2D eigenvalue weighted by Crippen LogP contribution is 2.32. The topological polar surface area (TPSA) is 77.3 Å². The molecule has 0 unspecified atom stereocenters. The molecule has 0 saturated carbocycles. The number of likely N-dealkylation sites (N-methyl/N-ethyl adjacent to an activating group) is 1. The van der Waals surface area contributed by atoms with Crippen molar-refractivity contribution in [3.8, 4) is 11.5 Å². The SMILES string of the molecule is COC(=O)c1cc(OC)c(OCCCN2CCN(C)CC2)cc1N. The third-order valence-electron chi connectivity index (χ3n) is 4.21. The molecule has 1 heterocycles. The molecule has 0 spiro atoms. The molecule has 0 amide bonds. The van der Waals surface area contributed by atoms with Gasteiger partial charge >= 0.3 is 5.97 Å². The van der Waals surface area contributed by atoms with Gasteiger partial charge in [-0.15, -0.1) is 0 Å². The number of carbonyl (C=O) groups excluding carboxylic acids is 1. The molecule has 0 bridgehead atoms. The fourth-order valence-electron chi connectivity index (χ4n) is 2.68. The molecule has 0 atom stereocenters. The van der Waals surface area contributed by atoms with Gasteiger partial charge < -0.3 is 29.7 Å². The van der Waals surface area contributed by atoms with E-state index in [2.05, 4.69) is 16.8 Å². The van der Waals surface area contributed by atoms with Crippen LogP contribution in [-0.4, -0.2) is 76.4 Å². The first kappa shape index (κ1) is 18.4. The largest absolute Gasteiger partial charge is 0.493 e. The second kappa shape index (κ2) is 8.75. The van der Waals surface area contributed by atoms with Gasteiger partial charge in [0.1, 0.15) is 0 Å². The molecule has 134 valence electrons. The highest BCUT2D eigenvalue weighted by atomic mass is 16.5. The Hall–Kier alpha value is -1.99. The van der Waals surface area contributed by atoms with Crippen LogP contribution in [0.2, 0.25) is 0 Å². The summed E-state index contributed by atoms with van der Waals surface area (Å²) in [6.07, 6.45) is 0.922. The van der Waals surface area contributed by atoms with Crippen LogP contribution in [0.25, 0.3) is 0 Å². The molecule has 1 aromatic carbocycles. The Bertz CT molecular complexity index is 557. The lowest BCUT2D eigenvalue weighted by Crippen LogP contribution is -2.44. The van der Waals surface area contributed by atoms with Crippen molar-refractivity contribution >= 4 is 11.7 Å². The standard InChI is InChI=1S/C17H27N3O4/c1-19-6-8-20(9-7-19)5-4-10-24-16-12-14(18)13(17(21)23-3)11-15(16)22-2/h11-12H,4-10,18H2,1-3H3. The summed E-state index contributed by atoms with van der Waals surface area (Å²) in [6, 6.07) is 3.16. The number of nitrogens with zero attached hydrogens (tertiary/aromatic N) is 2. The predicted octanol–water partition coefficient (Wildman–Crippen LogP) is 1.08. The van der Waals surface area contributed by atoms with E-state index < -0.39 is 5.97 Å². The van der Waals surface area contributed by atoms with Gasteiger partial charge in [0.25, 0.3) is 0 Å². The van der Waals surface area contributed by atoms with Crippen LogP contribution < -0.4 is 15.2 Å². The zero-order chi connectivity index (χ0) is 17.5. The summed E-state index contributed by atoms with van der Waals surface area (Å²) in [4.78, 5) is 16.4. The molecule has 1 aromatic rings. The van der Waals surface area contributed by atoms with Crippen LogP contribution in [0.4, 0.5) is 5.69 Å². The third kappa shape index (κ3) is 4.75. The zero-order valence-electron chi connectivity index (χ0n) is 14.7. The molecule has 1 aliphatic heterocycles. The smallest absolute Gasteiger partial charge is 0.340 e. The fraction of sp³-hybridized carbons (Fsp3) is 0.588. The first-order chi connectivity index (χ1) is 11.5. The van der Waals surface area contributed by atoms with Crippen molar-refractivity contribution < 1.29 is 19.0 Å². The van der Waals surface area contributed by atoms with Crippen molar-refractivity contribution in [2.45, 2.75) is 6.42 Å². The Morgan fingerprint density at radius 3 is 2.50 bits per heavy atom. The minimum absolute atomic E-state index is 0.277. The van der Waals surface area contributed by atoms with Crippen molar-refractivity contribution in [2.75, 3.05) is 66.3 Å². The van der Waals surface area contributed by atoms with Crippen molar-refractivity contribution in [3.63, 3.8) is 0 Å². The van der Waals surface area contributed by atoms with Crippen molar-refractivity contribution in [2.24, 2.45) is 0 Å². The maximum atomic E-state index is 11.7. The van der Waals surface area contributed by atoms with Gasteiger partial charge in [-0.2, -0.15) is 0 Å². The predicted molar refractivity (Wildman–Crippen MR) is 92.8 cm³/mol. The van der Waals surface area contributed by atoms with Crippen molar-refractivity contribution in [3.05, 3.63) is 17.7 Å². The van der Waals surface area contributed by atoms with Crippen LogP contribution in [-0.2, 0) is 4.74 Å². The van der Waals surface area contributed by atoms with E-state index in [-0.39, 0.29) is 5.56 Å². The molecule has 2 N–H and O–H groups in total. The maximum Gasteiger partial charge on any atom is 0.340 e. The van der Waals surface area contributed by atoms with E-state index >= 15 is 0 Å². The molecule has 24 heavy (non-hydrogen) atoms. The molecule has 1 saturated heterocycles. The highest BCUT2D eigenvalue weighted by Gasteiger charge is 2.16. The van der Waals surface area contributed by atoms with E-state index in [1.54, 1.807) is 12.1 Å². The van der Waals surface area contributed by atoms with E-state index in [9.17, 15) is 4.79 Å². The molecule has 0 radical (unpaired) electrons. The molecular weight excluding hydrogens is 310 g/mol. The minimum Gasteiger partial charge on any atom is -0.493 e. The zero-order valence-corrected chi connectivity index (χ0v) is 14.7. The molecule has 2 rings (SSSR count). The van der Waals surface area contributed by atoms with Gasteiger partial charge in [0.15, 0.2) is 11.5 Å². The van der Waals surface area contributed by atoms with Crippen LogP contribution in [0.3, 0.4) is 0 Å². The summed E-state index contributed by atoms with van der Waals surface area (Å²) in [5, 5.41) is 0. The Kier molecular flexibility index (Phi) is 6.69. The van der Waals surface area contributed by atoms with Gasteiger partial charge in [-0.1, -0.05) is 0 Å². The quantitative estimate of drug-likeness (QED) is 0.453. The summed E-state index contributed by atoms with van der Waals surface area (Å²) in [6.45, 7) is 5.99. The molecule has 1 fully saturated rings. The van der Waals surface area contributed by atoms with E-state index in [0.29, 0.717) is 23.8 Å². The number of hydrogen-bond acceptors (Lipinski definition) is 7. The van der Waals surface area contributed by atoms with Gasteiger partial charge in [0, 0.05) is 44.9 Å². The van der Waals surface area contributed by atoms with Crippen LogP contribution in [0, 0.1) is 0 Å². The lowest BCUT2D eigenvalue weighted by Gasteiger charge is -2.32. The highest BCUT2D eigenvalue weighted by molar-refractivity contribution is 5.96. The Morgan fingerprint density at radius 2 is 1.88 bits per heavy atom. The Labute approximate surface area is 143 Å². The average molecular weight is 337 g/mol. The molecule has 7 heteroatoms. The number of esters is 1. The fourth-order valence-corrected chi connectivity index (χ4v) is 2.68. The first-order valence-corrected chi connectivity index (χ1v) is 8.14. The molecule has 0 aromatic heterocycles. The number of rotatable bonds is 7. The number of anilines is 1. The number of nitrogen functional groups attached to an aromatic ring is 1. The number of benzene rings is 1. The van der Waals surface area contributed by atoms with E-state index in [1.165, 1.54) is 14.2 Å². The number of piperazine rings is 1. The molecule has 0 aliphatic carbocycles. The normalized spacial score (nSPS) is 16.0. The summed E-state index contributed by atoms with van der Waals surface area (Å²) >= 11 is 0. The van der Waals surface area contributed by atoms with Crippen LogP contribution in [0.15, 0.2) is 12.1 Å². The summed E-state index contributed by atoms with van der Waals surface area (Å²) in [7, 11) is 5.00. The van der Waals surface area contributed by atoms with E-state index in [1.807, 2.05) is 0 Å². The van der Waals surface area contributed by atoms with Crippen LogP contribution >= 0.6 is 0 Å². The number of nitrogens with two attached hydrogens (primary N) is 1. The van der Waals surface area contributed by atoms with Gasteiger partial charge in [-0.05, 0) is 13.5 Å². The van der Waals surface area contributed by atoms with Gasteiger partial charge in [0.05, 0.1) is 32.1 Å². The summed E-state index contributed by atoms with van der Waals surface area (Å²) in [5.41, 5.74) is 6.50. The summed E-state index contributed by atoms with van der Waals surface area (Å²) in [5.74, 6) is 0.526. The Balaban J connectivity index is 1.87. The van der Waals surface area contributed by atoms with Crippen molar-refractivity contribution in [1.82, 2.24) is 9.80 Å². The first-order valence-electron chi connectivity index (χ1n) is 8.14. The summed E-state index contributed by atoms with van der Waals surface area (Å²) < 4.78 is 15.8.